The SMILES string of the molecule is CC(O[O])([C](c1ccccc1)c1ccccc1)c1ccccc1. The summed E-state index contributed by atoms with van der Waals surface area (Å²) in [6, 6.07) is 29.4. The third-order valence-corrected chi connectivity index (χ3v) is 4.09. The Labute approximate surface area is 136 Å². The van der Waals surface area contributed by atoms with E-state index in [1.54, 1.807) is 0 Å². The van der Waals surface area contributed by atoms with Crippen LogP contribution in [0.25, 0.3) is 0 Å². The molecule has 0 bridgehead atoms. The summed E-state index contributed by atoms with van der Waals surface area (Å²) in [5.74, 6) is 0.861. The normalized spacial score (nSPS) is 13.7. The summed E-state index contributed by atoms with van der Waals surface area (Å²) in [6.07, 6.45) is 0. The van der Waals surface area contributed by atoms with Gasteiger partial charge < -0.3 is 0 Å². The topological polar surface area (TPSA) is 29.1 Å². The largest absolute Gasteiger partial charge is 0.191 e. The van der Waals surface area contributed by atoms with E-state index in [1.165, 1.54) is 0 Å². The van der Waals surface area contributed by atoms with Crippen molar-refractivity contribution in [1.82, 2.24) is 0 Å². The van der Waals surface area contributed by atoms with Crippen LogP contribution in [-0.2, 0) is 15.7 Å². The average molecular weight is 302 g/mol. The third kappa shape index (κ3) is 3.04. The van der Waals surface area contributed by atoms with Gasteiger partial charge in [-0.1, -0.05) is 91.0 Å². The Balaban J connectivity index is 2.18. The number of benzene rings is 3. The highest BCUT2D eigenvalue weighted by Crippen LogP contribution is 2.43. The summed E-state index contributed by atoms with van der Waals surface area (Å²) in [4.78, 5) is 4.81. The van der Waals surface area contributed by atoms with Gasteiger partial charge in [0.1, 0.15) is 5.60 Å². The zero-order valence-electron chi connectivity index (χ0n) is 13.0. The van der Waals surface area contributed by atoms with Crippen molar-refractivity contribution in [3.8, 4) is 0 Å². The highest BCUT2D eigenvalue weighted by atomic mass is 17.1. The molecular weight excluding hydrogens is 284 g/mol. The highest BCUT2D eigenvalue weighted by Gasteiger charge is 2.41. The maximum atomic E-state index is 11.8. The van der Waals surface area contributed by atoms with Crippen LogP contribution in [0.5, 0.6) is 0 Å². The van der Waals surface area contributed by atoms with Crippen molar-refractivity contribution in [1.29, 1.82) is 0 Å². The van der Waals surface area contributed by atoms with Crippen LogP contribution in [0, 0.1) is 5.92 Å². The second-order valence-corrected chi connectivity index (χ2v) is 5.59. The quantitative estimate of drug-likeness (QED) is 0.485. The molecule has 1 unspecified atom stereocenters. The van der Waals surface area contributed by atoms with Crippen molar-refractivity contribution in [2.24, 2.45) is 0 Å². The molecule has 0 saturated carbocycles. The Kier molecular flexibility index (Phi) is 4.56. The van der Waals surface area contributed by atoms with E-state index in [4.69, 9.17) is 4.89 Å². The summed E-state index contributed by atoms with van der Waals surface area (Å²) >= 11 is 0. The molecule has 0 aliphatic carbocycles. The molecule has 0 amide bonds. The molecule has 2 heteroatoms. The summed E-state index contributed by atoms with van der Waals surface area (Å²) in [5, 5.41) is 11.8. The Bertz CT molecular complexity index is 686. The Hall–Kier alpha value is -2.42. The Morgan fingerprint density at radius 1 is 0.696 bits per heavy atom. The molecule has 0 fully saturated rings. The van der Waals surface area contributed by atoms with Gasteiger partial charge in [-0.05, 0) is 28.9 Å². The molecule has 0 aliphatic rings. The van der Waals surface area contributed by atoms with E-state index in [9.17, 15) is 5.26 Å². The first-order valence-electron chi connectivity index (χ1n) is 7.60. The summed E-state index contributed by atoms with van der Waals surface area (Å²) in [5.41, 5.74) is 1.70. The van der Waals surface area contributed by atoms with E-state index in [2.05, 4.69) is 0 Å². The lowest BCUT2D eigenvalue weighted by Gasteiger charge is -2.34. The van der Waals surface area contributed by atoms with Gasteiger partial charge in [0.25, 0.3) is 0 Å². The van der Waals surface area contributed by atoms with Gasteiger partial charge in [0.05, 0.1) is 5.92 Å². The lowest BCUT2D eigenvalue weighted by Crippen LogP contribution is -2.34. The zero-order chi connectivity index (χ0) is 16.1. The van der Waals surface area contributed by atoms with Crippen molar-refractivity contribution in [2.45, 2.75) is 12.5 Å². The van der Waals surface area contributed by atoms with Crippen LogP contribution in [0.2, 0.25) is 0 Å². The molecule has 114 valence electrons. The minimum Gasteiger partial charge on any atom is -0.191 e. The standard InChI is InChI=1S/C21H18O2/c1-21(23-22,19-15-9-4-10-16-19)20(17-11-5-2-6-12-17)18-13-7-3-8-14-18/h2-16H,1H3. The van der Waals surface area contributed by atoms with E-state index in [-0.39, 0.29) is 0 Å². The zero-order valence-corrected chi connectivity index (χ0v) is 13.0. The predicted molar refractivity (Wildman–Crippen MR) is 89.9 cm³/mol. The second-order valence-electron chi connectivity index (χ2n) is 5.59. The molecule has 2 radical (unpaired) electrons. The van der Waals surface area contributed by atoms with Crippen molar-refractivity contribution in [2.75, 3.05) is 0 Å². The van der Waals surface area contributed by atoms with E-state index in [0.717, 1.165) is 22.6 Å². The van der Waals surface area contributed by atoms with E-state index >= 15 is 0 Å². The van der Waals surface area contributed by atoms with Crippen molar-refractivity contribution >= 4 is 0 Å². The third-order valence-electron chi connectivity index (χ3n) is 4.09. The molecule has 0 heterocycles. The van der Waals surface area contributed by atoms with E-state index < -0.39 is 5.60 Å². The molecule has 2 nitrogen and oxygen atoms in total. The van der Waals surface area contributed by atoms with Crippen LogP contribution in [0.3, 0.4) is 0 Å². The van der Waals surface area contributed by atoms with Gasteiger partial charge in [0.15, 0.2) is 0 Å². The van der Waals surface area contributed by atoms with Crippen molar-refractivity contribution in [3.63, 3.8) is 0 Å². The van der Waals surface area contributed by atoms with E-state index in [0.29, 0.717) is 0 Å². The van der Waals surface area contributed by atoms with Crippen molar-refractivity contribution in [3.05, 3.63) is 114 Å². The average Bonchev–Trinajstić information content (AvgIpc) is 2.64. The highest BCUT2D eigenvalue weighted by molar-refractivity contribution is 5.52. The smallest absolute Gasteiger partial charge is 0.144 e. The Morgan fingerprint density at radius 2 is 1.09 bits per heavy atom. The van der Waals surface area contributed by atoms with Gasteiger partial charge in [0, 0.05) is 0 Å². The Morgan fingerprint density at radius 3 is 1.48 bits per heavy atom. The molecule has 23 heavy (non-hydrogen) atoms. The van der Waals surface area contributed by atoms with Gasteiger partial charge in [-0.3, -0.25) is 0 Å². The van der Waals surface area contributed by atoms with Gasteiger partial charge in [-0.15, -0.1) is 0 Å². The van der Waals surface area contributed by atoms with Crippen LogP contribution in [0.15, 0.2) is 91.0 Å². The summed E-state index contributed by atoms with van der Waals surface area (Å²) < 4.78 is 0. The van der Waals surface area contributed by atoms with Gasteiger partial charge >= 0.3 is 0 Å². The van der Waals surface area contributed by atoms with Crippen LogP contribution >= 0.6 is 0 Å². The molecule has 0 saturated heterocycles. The van der Waals surface area contributed by atoms with Gasteiger partial charge in [-0.25, -0.2) is 0 Å². The van der Waals surface area contributed by atoms with Crippen LogP contribution < -0.4 is 0 Å². The minimum absolute atomic E-state index is 0.831. The lowest BCUT2D eigenvalue weighted by atomic mass is 9.74. The van der Waals surface area contributed by atoms with Crippen LogP contribution in [0.1, 0.15) is 23.6 Å². The first kappa shape index (κ1) is 15.5. The fourth-order valence-corrected chi connectivity index (χ4v) is 2.92. The van der Waals surface area contributed by atoms with Crippen LogP contribution in [0.4, 0.5) is 0 Å². The van der Waals surface area contributed by atoms with Gasteiger partial charge in [-0.2, -0.15) is 4.89 Å². The molecular formula is C21H18O2. The predicted octanol–water partition coefficient (Wildman–Crippen LogP) is 4.93. The number of hydrogen-bond acceptors (Lipinski definition) is 1. The molecule has 0 spiro atoms. The molecule has 0 aromatic heterocycles. The first-order valence-corrected chi connectivity index (χ1v) is 7.60. The first-order chi connectivity index (χ1) is 11.3. The monoisotopic (exact) mass is 302 g/mol. The molecule has 1 atom stereocenters. The molecule has 3 rings (SSSR count). The minimum atomic E-state index is -1.08. The van der Waals surface area contributed by atoms with Crippen molar-refractivity contribution < 1.29 is 10.1 Å². The molecule has 3 aromatic rings. The maximum absolute atomic E-state index is 11.8. The van der Waals surface area contributed by atoms with Gasteiger partial charge in [0.2, 0.25) is 0 Å². The summed E-state index contributed by atoms with van der Waals surface area (Å²) in [6.45, 7) is 1.82. The summed E-state index contributed by atoms with van der Waals surface area (Å²) in [7, 11) is 0. The maximum Gasteiger partial charge on any atom is 0.144 e. The molecule has 0 aliphatic heterocycles. The molecule has 3 aromatic carbocycles. The fourth-order valence-electron chi connectivity index (χ4n) is 2.92. The lowest BCUT2D eigenvalue weighted by molar-refractivity contribution is -0.368. The second kappa shape index (κ2) is 6.78. The van der Waals surface area contributed by atoms with Crippen LogP contribution in [-0.4, -0.2) is 0 Å². The molecule has 0 N–H and O–H groups in total. The number of hydrogen-bond donors (Lipinski definition) is 0. The van der Waals surface area contributed by atoms with E-state index in [1.807, 2.05) is 97.9 Å². The number of rotatable bonds is 5. The fraction of sp³-hybridized carbons (Fsp3) is 0.0952.